The molecular formula is C17H15FN2OS. The summed E-state index contributed by atoms with van der Waals surface area (Å²) >= 11 is 1.62. The van der Waals surface area contributed by atoms with Gasteiger partial charge in [-0.15, -0.1) is 11.3 Å². The van der Waals surface area contributed by atoms with Gasteiger partial charge in [-0.05, 0) is 48.6 Å². The standard InChI is InChI=1S/C17H15FN2OS/c18-12-3-6-14-11(8-12)9-15(16-2-1-7-22-16)20(14)10-17(21)19-13-4-5-13/h1-3,6-9,13H,4-5,10H2,(H,19,21). The molecular weight excluding hydrogens is 299 g/mol. The van der Waals surface area contributed by atoms with Gasteiger partial charge in [0, 0.05) is 16.9 Å². The van der Waals surface area contributed by atoms with E-state index in [9.17, 15) is 9.18 Å². The normalized spacial score (nSPS) is 14.4. The van der Waals surface area contributed by atoms with E-state index < -0.39 is 0 Å². The van der Waals surface area contributed by atoms with Crippen molar-refractivity contribution in [2.24, 2.45) is 0 Å². The molecule has 0 atom stereocenters. The molecule has 1 N–H and O–H groups in total. The molecule has 5 heteroatoms. The van der Waals surface area contributed by atoms with Gasteiger partial charge in [-0.2, -0.15) is 0 Å². The van der Waals surface area contributed by atoms with Gasteiger partial charge >= 0.3 is 0 Å². The van der Waals surface area contributed by atoms with Crippen LogP contribution >= 0.6 is 11.3 Å². The van der Waals surface area contributed by atoms with Crippen molar-refractivity contribution in [1.82, 2.24) is 9.88 Å². The number of halogens is 1. The number of carbonyl (C=O) groups excluding carboxylic acids is 1. The molecule has 0 radical (unpaired) electrons. The Labute approximate surface area is 131 Å². The van der Waals surface area contributed by atoms with E-state index in [1.54, 1.807) is 17.4 Å². The lowest BCUT2D eigenvalue weighted by Gasteiger charge is -2.10. The summed E-state index contributed by atoms with van der Waals surface area (Å²) in [6.07, 6.45) is 2.14. The van der Waals surface area contributed by atoms with Gasteiger partial charge in [0.25, 0.3) is 0 Å². The highest BCUT2D eigenvalue weighted by Crippen LogP contribution is 2.31. The Morgan fingerprint density at radius 3 is 2.91 bits per heavy atom. The largest absolute Gasteiger partial charge is 0.352 e. The fourth-order valence-corrected chi connectivity index (χ4v) is 3.44. The fourth-order valence-electron chi connectivity index (χ4n) is 2.69. The number of nitrogens with one attached hydrogen (secondary N) is 1. The van der Waals surface area contributed by atoms with E-state index in [1.807, 2.05) is 28.1 Å². The number of hydrogen-bond acceptors (Lipinski definition) is 2. The number of fused-ring (bicyclic) bond motifs is 1. The van der Waals surface area contributed by atoms with Crippen molar-refractivity contribution in [3.05, 3.63) is 47.6 Å². The molecule has 0 spiro atoms. The molecule has 0 bridgehead atoms. The molecule has 3 aromatic rings. The zero-order valence-electron chi connectivity index (χ0n) is 11.9. The summed E-state index contributed by atoms with van der Waals surface area (Å²) in [5.41, 5.74) is 1.84. The van der Waals surface area contributed by atoms with Crippen LogP contribution in [-0.4, -0.2) is 16.5 Å². The molecule has 0 saturated heterocycles. The van der Waals surface area contributed by atoms with Crippen molar-refractivity contribution < 1.29 is 9.18 Å². The Morgan fingerprint density at radius 1 is 1.32 bits per heavy atom. The molecule has 3 nitrogen and oxygen atoms in total. The quantitative estimate of drug-likeness (QED) is 0.781. The van der Waals surface area contributed by atoms with Crippen molar-refractivity contribution in [3.63, 3.8) is 0 Å². The average molecular weight is 314 g/mol. The van der Waals surface area contributed by atoms with Gasteiger partial charge in [0.15, 0.2) is 0 Å². The summed E-state index contributed by atoms with van der Waals surface area (Å²) in [7, 11) is 0. The second-order valence-electron chi connectivity index (χ2n) is 5.64. The number of amides is 1. The third-order valence-electron chi connectivity index (χ3n) is 3.88. The lowest BCUT2D eigenvalue weighted by molar-refractivity contribution is -0.121. The predicted molar refractivity (Wildman–Crippen MR) is 86.4 cm³/mol. The minimum Gasteiger partial charge on any atom is -0.352 e. The summed E-state index contributed by atoms with van der Waals surface area (Å²) < 4.78 is 15.4. The first-order valence-electron chi connectivity index (χ1n) is 7.33. The van der Waals surface area contributed by atoms with Gasteiger partial charge in [-0.1, -0.05) is 6.07 Å². The molecule has 22 heavy (non-hydrogen) atoms. The van der Waals surface area contributed by atoms with Crippen LogP contribution in [0.25, 0.3) is 21.5 Å². The second kappa shape index (κ2) is 5.25. The van der Waals surface area contributed by atoms with Crippen LogP contribution in [0.15, 0.2) is 41.8 Å². The zero-order valence-corrected chi connectivity index (χ0v) is 12.7. The van der Waals surface area contributed by atoms with Gasteiger partial charge in [0.2, 0.25) is 5.91 Å². The third kappa shape index (κ3) is 2.52. The smallest absolute Gasteiger partial charge is 0.240 e. The van der Waals surface area contributed by atoms with Crippen LogP contribution in [0.3, 0.4) is 0 Å². The van der Waals surface area contributed by atoms with Gasteiger partial charge in [0.1, 0.15) is 12.4 Å². The van der Waals surface area contributed by atoms with E-state index in [0.717, 1.165) is 34.3 Å². The average Bonchev–Trinajstić information content (AvgIpc) is 3.01. The number of benzene rings is 1. The molecule has 1 fully saturated rings. The maximum absolute atomic E-state index is 13.5. The van der Waals surface area contributed by atoms with Crippen molar-refractivity contribution >= 4 is 28.1 Å². The van der Waals surface area contributed by atoms with Crippen LogP contribution in [-0.2, 0) is 11.3 Å². The van der Waals surface area contributed by atoms with Crippen LogP contribution in [0.4, 0.5) is 4.39 Å². The van der Waals surface area contributed by atoms with Crippen LogP contribution in [0.2, 0.25) is 0 Å². The Bertz CT molecular complexity index is 834. The maximum atomic E-state index is 13.5. The summed E-state index contributed by atoms with van der Waals surface area (Å²) in [4.78, 5) is 13.3. The Balaban J connectivity index is 1.78. The Morgan fingerprint density at radius 2 is 2.18 bits per heavy atom. The molecule has 1 saturated carbocycles. The summed E-state index contributed by atoms with van der Waals surface area (Å²) in [6.45, 7) is 0.263. The molecule has 1 aliphatic carbocycles. The van der Waals surface area contributed by atoms with Crippen molar-refractivity contribution in [1.29, 1.82) is 0 Å². The summed E-state index contributed by atoms with van der Waals surface area (Å²) in [5.74, 6) is -0.244. The molecule has 0 aliphatic heterocycles. The first-order chi connectivity index (χ1) is 10.7. The Hall–Kier alpha value is -2.14. The van der Waals surface area contributed by atoms with Crippen LogP contribution in [0.1, 0.15) is 12.8 Å². The minimum absolute atomic E-state index is 0.0159. The molecule has 1 aliphatic rings. The molecule has 2 heterocycles. The van der Waals surface area contributed by atoms with Crippen molar-refractivity contribution in [2.45, 2.75) is 25.4 Å². The topological polar surface area (TPSA) is 34.0 Å². The van der Waals surface area contributed by atoms with E-state index in [0.29, 0.717) is 6.04 Å². The SMILES string of the molecule is O=C(Cn1c(-c2cccs2)cc2cc(F)ccc21)NC1CC1. The fraction of sp³-hybridized carbons (Fsp3) is 0.235. The van der Waals surface area contributed by atoms with E-state index >= 15 is 0 Å². The lowest BCUT2D eigenvalue weighted by Crippen LogP contribution is -2.29. The van der Waals surface area contributed by atoms with Gasteiger partial charge < -0.3 is 9.88 Å². The molecule has 4 rings (SSSR count). The minimum atomic E-state index is -0.259. The summed E-state index contributed by atoms with van der Waals surface area (Å²) in [6, 6.07) is 11.0. The number of aromatic nitrogens is 1. The molecule has 112 valence electrons. The molecule has 0 unspecified atom stereocenters. The van der Waals surface area contributed by atoms with Gasteiger partial charge in [-0.3, -0.25) is 4.79 Å². The number of rotatable bonds is 4. The van der Waals surface area contributed by atoms with Crippen LogP contribution in [0.5, 0.6) is 0 Å². The highest BCUT2D eigenvalue weighted by atomic mass is 32.1. The van der Waals surface area contributed by atoms with Crippen LogP contribution < -0.4 is 5.32 Å². The first-order valence-corrected chi connectivity index (χ1v) is 8.21. The van der Waals surface area contributed by atoms with E-state index in [1.165, 1.54) is 12.1 Å². The molecule has 1 aromatic carbocycles. The highest BCUT2D eigenvalue weighted by Gasteiger charge is 2.24. The number of hydrogen-bond donors (Lipinski definition) is 1. The van der Waals surface area contributed by atoms with E-state index in [-0.39, 0.29) is 18.3 Å². The van der Waals surface area contributed by atoms with E-state index in [2.05, 4.69) is 5.32 Å². The Kier molecular flexibility index (Phi) is 3.22. The van der Waals surface area contributed by atoms with Gasteiger partial charge in [-0.25, -0.2) is 4.39 Å². The van der Waals surface area contributed by atoms with E-state index in [4.69, 9.17) is 0 Å². The van der Waals surface area contributed by atoms with Gasteiger partial charge in [0.05, 0.1) is 10.6 Å². The van der Waals surface area contributed by atoms with Crippen molar-refractivity contribution in [3.8, 4) is 10.6 Å². The first kappa shape index (κ1) is 13.5. The second-order valence-corrected chi connectivity index (χ2v) is 6.59. The zero-order chi connectivity index (χ0) is 15.1. The number of thiophene rings is 1. The van der Waals surface area contributed by atoms with Crippen LogP contribution in [0, 0.1) is 5.82 Å². The predicted octanol–water partition coefficient (Wildman–Crippen LogP) is 3.79. The number of carbonyl (C=O) groups is 1. The molecule has 2 aromatic heterocycles. The summed E-state index contributed by atoms with van der Waals surface area (Å²) in [5, 5.41) is 5.83. The maximum Gasteiger partial charge on any atom is 0.240 e. The molecule has 1 amide bonds. The highest BCUT2D eigenvalue weighted by molar-refractivity contribution is 7.13. The lowest BCUT2D eigenvalue weighted by atomic mass is 10.2. The number of nitrogens with zero attached hydrogens (tertiary/aromatic N) is 1. The van der Waals surface area contributed by atoms with Crippen molar-refractivity contribution in [2.75, 3.05) is 0 Å². The monoisotopic (exact) mass is 314 g/mol. The third-order valence-corrected chi connectivity index (χ3v) is 4.77.